The molecule has 0 aliphatic rings. The number of thiol groups is 1. The summed E-state index contributed by atoms with van der Waals surface area (Å²) in [4.78, 5) is 64.1. The first-order valence-electron chi connectivity index (χ1n) is 15.3. The Morgan fingerprint density at radius 1 is 0.809 bits per heavy atom. The van der Waals surface area contributed by atoms with E-state index in [0.717, 1.165) is 21.9 Å². The minimum atomic E-state index is -1.30. The maximum Gasteiger partial charge on any atom is 0.407 e. The normalized spacial score (nSPS) is 12.9. The van der Waals surface area contributed by atoms with E-state index in [-0.39, 0.29) is 37.7 Å². The summed E-state index contributed by atoms with van der Waals surface area (Å²) in [6.45, 7) is 4.05. The van der Waals surface area contributed by atoms with Gasteiger partial charge < -0.3 is 31.1 Å². The monoisotopic (exact) mass is 684 g/mol. The quantitative estimate of drug-likeness (QED) is 0.118. The predicted molar refractivity (Wildman–Crippen MR) is 184 cm³/mol. The van der Waals surface area contributed by atoms with Gasteiger partial charge in [-0.1, -0.05) is 86.1 Å². The third-order valence-electron chi connectivity index (χ3n) is 7.21. The molecule has 3 rings (SSSR count). The number of benzene rings is 3. The van der Waals surface area contributed by atoms with Gasteiger partial charge in [0.2, 0.25) is 17.7 Å². The molecule has 0 bridgehead atoms. The second-order valence-electron chi connectivity index (χ2n) is 11.4. The molecule has 47 heavy (non-hydrogen) atoms. The number of carbonyl (C=O) groups is 5. The van der Waals surface area contributed by atoms with Crippen molar-refractivity contribution in [3.8, 4) is 0 Å². The number of halogens is 1. The third kappa shape index (κ3) is 12.1. The molecule has 0 aliphatic carbocycles. The van der Waals surface area contributed by atoms with E-state index in [9.17, 15) is 29.1 Å². The molecule has 0 aromatic heterocycles. The van der Waals surface area contributed by atoms with Crippen LogP contribution < -0.4 is 21.3 Å². The fraction of sp³-hybridized carbons (Fsp3) is 0.382. The largest absolute Gasteiger partial charge is 0.481 e. The fourth-order valence-corrected chi connectivity index (χ4v) is 5.23. The molecule has 3 aromatic carbocycles. The van der Waals surface area contributed by atoms with Gasteiger partial charge in [0.15, 0.2) is 0 Å². The summed E-state index contributed by atoms with van der Waals surface area (Å²) in [6.07, 6.45) is -1.03. The molecule has 0 heterocycles. The highest BCUT2D eigenvalue weighted by Crippen LogP contribution is 2.20. The van der Waals surface area contributed by atoms with Crippen LogP contribution >= 0.6 is 24.2 Å². The number of nitrogens with one attached hydrogen (secondary N) is 4. The molecule has 0 unspecified atom stereocenters. The fourth-order valence-electron chi connectivity index (χ4n) is 4.75. The number of alkyl carbamates (subject to hydrolysis) is 1. The molecule has 3 aromatic rings. The standard InChI is InChI=1S/C34H41ClN4O7S/c1-21(2)19-46-34(45)39-27(14-15-30(40)41)32(43)37-28(18-24-11-7-10-22-8-3-5-12-25(22)24)33(44)38-29(20-47)31(42)36-17-16-23-9-4-6-13-26(23)35/h3-13,21,27-29,47H,14-20H2,1-2H3,(H,36,42)(H,37,43)(H,38,44)(H,39,45)(H,40,41)/t27-,28-,29-/m0/s1. The summed E-state index contributed by atoms with van der Waals surface area (Å²) in [5, 5.41) is 22.2. The van der Waals surface area contributed by atoms with Gasteiger partial charge in [0, 0.05) is 30.2 Å². The average Bonchev–Trinajstić information content (AvgIpc) is 3.04. The Kier molecular flexibility index (Phi) is 14.8. The molecule has 3 atom stereocenters. The smallest absolute Gasteiger partial charge is 0.407 e. The summed E-state index contributed by atoms with van der Waals surface area (Å²) < 4.78 is 5.13. The Morgan fingerprint density at radius 3 is 2.15 bits per heavy atom. The van der Waals surface area contributed by atoms with Gasteiger partial charge in [-0.15, -0.1) is 0 Å². The van der Waals surface area contributed by atoms with Gasteiger partial charge in [-0.3, -0.25) is 19.2 Å². The second kappa shape index (κ2) is 18.8. The van der Waals surface area contributed by atoms with E-state index in [1.807, 2.05) is 74.5 Å². The second-order valence-corrected chi connectivity index (χ2v) is 12.2. The van der Waals surface area contributed by atoms with E-state index >= 15 is 0 Å². The van der Waals surface area contributed by atoms with Crippen LogP contribution in [-0.4, -0.2) is 71.9 Å². The number of ether oxygens (including phenoxy) is 1. The molecular formula is C34H41ClN4O7S. The summed E-state index contributed by atoms with van der Waals surface area (Å²) in [6, 6.07) is 16.9. The predicted octanol–water partition coefficient (Wildman–Crippen LogP) is 3.91. The van der Waals surface area contributed by atoms with Crippen LogP contribution in [0, 0.1) is 5.92 Å². The van der Waals surface area contributed by atoms with Gasteiger partial charge in [-0.05, 0) is 46.7 Å². The van der Waals surface area contributed by atoms with Crippen molar-refractivity contribution in [1.29, 1.82) is 0 Å². The molecule has 0 radical (unpaired) electrons. The first-order chi connectivity index (χ1) is 22.5. The maximum atomic E-state index is 13.8. The molecular weight excluding hydrogens is 644 g/mol. The Morgan fingerprint density at radius 2 is 1.45 bits per heavy atom. The van der Waals surface area contributed by atoms with Crippen molar-refractivity contribution in [2.24, 2.45) is 5.92 Å². The molecule has 0 fully saturated rings. The van der Waals surface area contributed by atoms with Gasteiger partial charge in [0.25, 0.3) is 0 Å². The Balaban J connectivity index is 1.80. The van der Waals surface area contributed by atoms with Crippen molar-refractivity contribution in [2.45, 2.75) is 57.7 Å². The van der Waals surface area contributed by atoms with Crippen LogP contribution in [0.3, 0.4) is 0 Å². The topological polar surface area (TPSA) is 163 Å². The van der Waals surface area contributed by atoms with Gasteiger partial charge >= 0.3 is 12.1 Å². The zero-order valence-electron chi connectivity index (χ0n) is 26.3. The highest BCUT2D eigenvalue weighted by atomic mass is 35.5. The molecule has 252 valence electrons. The molecule has 0 aliphatic heterocycles. The molecule has 0 spiro atoms. The number of carboxylic acid groups (broad SMARTS) is 1. The average molecular weight is 685 g/mol. The highest BCUT2D eigenvalue weighted by molar-refractivity contribution is 7.80. The summed E-state index contributed by atoms with van der Waals surface area (Å²) in [5.74, 6) is -3.06. The lowest BCUT2D eigenvalue weighted by molar-refractivity contribution is -0.137. The first kappa shape index (κ1) is 37.2. The van der Waals surface area contributed by atoms with E-state index in [1.54, 1.807) is 6.07 Å². The summed E-state index contributed by atoms with van der Waals surface area (Å²) >= 11 is 10.5. The van der Waals surface area contributed by atoms with E-state index < -0.39 is 54.3 Å². The molecule has 11 nitrogen and oxygen atoms in total. The number of fused-ring (bicyclic) bond motifs is 1. The number of hydrogen-bond acceptors (Lipinski definition) is 7. The van der Waals surface area contributed by atoms with Crippen LogP contribution in [0.15, 0.2) is 66.7 Å². The molecule has 0 saturated carbocycles. The summed E-state index contributed by atoms with van der Waals surface area (Å²) in [7, 11) is 0. The molecule has 5 N–H and O–H groups in total. The maximum absolute atomic E-state index is 13.8. The van der Waals surface area contributed by atoms with Crippen molar-refractivity contribution < 1.29 is 33.8 Å². The van der Waals surface area contributed by atoms with Crippen molar-refractivity contribution in [3.05, 3.63) is 82.9 Å². The Labute approximate surface area is 284 Å². The van der Waals surface area contributed by atoms with Crippen LogP contribution in [-0.2, 0) is 36.8 Å². The van der Waals surface area contributed by atoms with Crippen LogP contribution in [0.5, 0.6) is 0 Å². The number of carboxylic acids is 1. The first-order valence-corrected chi connectivity index (χ1v) is 16.3. The van der Waals surface area contributed by atoms with Gasteiger partial charge in [-0.25, -0.2) is 4.79 Å². The van der Waals surface area contributed by atoms with Crippen molar-refractivity contribution in [1.82, 2.24) is 21.3 Å². The SMILES string of the molecule is CC(C)COC(=O)N[C@@H](CCC(=O)O)C(=O)N[C@@H](Cc1cccc2ccccc12)C(=O)N[C@@H](CS)C(=O)NCCc1ccccc1Cl. The molecule has 0 saturated heterocycles. The lowest BCUT2D eigenvalue weighted by Crippen LogP contribution is -2.58. The minimum Gasteiger partial charge on any atom is -0.481 e. The van der Waals surface area contributed by atoms with Crippen molar-refractivity contribution in [2.75, 3.05) is 18.9 Å². The van der Waals surface area contributed by atoms with E-state index in [1.165, 1.54) is 0 Å². The van der Waals surface area contributed by atoms with Crippen molar-refractivity contribution >= 4 is 64.8 Å². The Hall–Kier alpha value is -4.29. The minimum absolute atomic E-state index is 0.0247. The van der Waals surface area contributed by atoms with Crippen LogP contribution in [0.4, 0.5) is 4.79 Å². The van der Waals surface area contributed by atoms with Gasteiger partial charge in [0.05, 0.1) is 6.61 Å². The lowest BCUT2D eigenvalue weighted by Gasteiger charge is -2.25. The Bertz CT molecular complexity index is 1550. The highest BCUT2D eigenvalue weighted by Gasteiger charge is 2.30. The lowest BCUT2D eigenvalue weighted by atomic mass is 9.97. The number of aliphatic carboxylic acids is 1. The zero-order chi connectivity index (χ0) is 34.3. The van der Waals surface area contributed by atoms with E-state index in [4.69, 9.17) is 16.3 Å². The number of hydrogen-bond donors (Lipinski definition) is 6. The van der Waals surface area contributed by atoms with Crippen molar-refractivity contribution in [3.63, 3.8) is 0 Å². The third-order valence-corrected chi connectivity index (χ3v) is 7.94. The molecule has 4 amide bonds. The zero-order valence-corrected chi connectivity index (χ0v) is 28.0. The number of rotatable bonds is 17. The van der Waals surface area contributed by atoms with E-state index in [0.29, 0.717) is 11.4 Å². The van der Waals surface area contributed by atoms with E-state index in [2.05, 4.69) is 33.9 Å². The van der Waals surface area contributed by atoms with Crippen LogP contribution in [0.1, 0.15) is 37.8 Å². The van der Waals surface area contributed by atoms with Crippen LogP contribution in [0.2, 0.25) is 5.02 Å². The number of carbonyl (C=O) groups excluding carboxylic acids is 4. The number of amides is 4. The summed E-state index contributed by atoms with van der Waals surface area (Å²) in [5.41, 5.74) is 1.61. The van der Waals surface area contributed by atoms with Gasteiger partial charge in [-0.2, -0.15) is 12.6 Å². The van der Waals surface area contributed by atoms with Gasteiger partial charge in [0.1, 0.15) is 18.1 Å². The molecule has 13 heteroatoms. The van der Waals surface area contributed by atoms with Crippen LogP contribution in [0.25, 0.3) is 10.8 Å².